The average molecular weight is 976 g/mol. The van der Waals surface area contributed by atoms with Gasteiger partial charge >= 0.3 is 11.9 Å². The summed E-state index contributed by atoms with van der Waals surface area (Å²) in [6.07, 6.45) is 80.6. The van der Waals surface area contributed by atoms with Crippen molar-refractivity contribution < 1.29 is 23.8 Å². The normalized spacial score (nSPS) is 12.8. The van der Waals surface area contributed by atoms with Gasteiger partial charge in [-0.25, -0.2) is 0 Å². The molecule has 404 valence electrons. The number of hydrogen-bond donors (Lipinski definition) is 0. The first-order chi connectivity index (χ1) is 34.6. The van der Waals surface area contributed by atoms with Crippen LogP contribution in [0.1, 0.15) is 290 Å². The zero-order valence-corrected chi connectivity index (χ0v) is 46.5. The van der Waals surface area contributed by atoms with Crippen molar-refractivity contribution in [3.05, 3.63) is 85.1 Å². The molecule has 0 fully saturated rings. The molecule has 0 aliphatic carbocycles. The van der Waals surface area contributed by atoms with E-state index >= 15 is 0 Å². The van der Waals surface area contributed by atoms with Crippen molar-refractivity contribution in [3.8, 4) is 0 Å². The number of rotatable bonds is 55. The summed E-state index contributed by atoms with van der Waals surface area (Å²) in [5.74, 6) is -0.494. The molecule has 0 amide bonds. The van der Waals surface area contributed by atoms with Crippen LogP contribution in [0.5, 0.6) is 0 Å². The summed E-state index contributed by atoms with van der Waals surface area (Å²) in [7, 11) is 0. The highest BCUT2D eigenvalue weighted by molar-refractivity contribution is 5.70. The molecule has 0 saturated heterocycles. The van der Waals surface area contributed by atoms with Crippen LogP contribution >= 0.6 is 0 Å². The maximum absolute atomic E-state index is 12.9. The number of unbranched alkanes of at least 4 members (excludes halogenated alkanes) is 30. The number of hydrogen-bond acceptors (Lipinski definition) is 5. The van der Waals surface area contributed by atoms with Gasteiger partial charge in [0.1, 0.15) is 6.61 Å². The van der Waals surface area contributed by atoms with Crippen LogP contribution in [0.25, 0.3) is 0 Å². The Balaban J connectivity index is 4.35. The molecular weight excluding hydrogens is 861 g/mol. The fourth-order valence-electron chi connectivity index (χ4n) is 8.47. The monoisotopic (exact) mass is 975 g/mol. The minimum Gasteiger partial charge on any atom is -0.462 e. The molecule has 5 heteroatoms. The number of ether oxygens (including phenoxy) is 3. The van der Waals surface area contributed by atoms with Gasteiger partial charge in [-0.3, -0.25) is 9.59 Å². The first kappa shape index (κ1) is 67.1. The second-order valence-electron chi connectivity index (χ2n) is 19.9. The smallest absolute Gasteiger partial charge is 0.306 e. The first-order valence-corrected chi connectivity index (χ1v) is 30.1. The van der Waals surface area contributed by atoms with E-state index in [9.17, 15) is 9.59 Å². The highest BCUT2D eigenvalue weighted by Crippen LogP contribution is 2.16. The third kappa shape index (κ3) is 57.7. The Morgan fingerprint density at radius 2 is 0.671 bits per heavy atom. The molecule has 0 aromatic carbocycles. The van der Waals surface area contributed by atoms with Gasteiger partial charge in [-0.1, -0.05) is 279 Å². The van der Waals surface area contributed by atoms with Crippen LogP contribution in [-0.2, 0) is 23.8 Å². The summed E-state index contributed by atoms with van der Waals surface area (Å²) >= 11 is 0. The Morgan fingerprint density at radius 3 is 1.09 bits per heavy atom. The number of carbonyl (C=O) groups is 2. The van der Waals surface area contributed by atoms with Crippen molar-refractivity contribution in [1.29, 1.82) is 0 Å². The Hall–Kier alpha value is -2.92. The summed E-state index contributed by atoms with van der Waals surface area (Å²) in [5, 5.41) is 0. The summed E-state index contributed by atoms with van der Waals surface area (Å²) in [5.41, 5.74) is 0. The molecule has 70 heavy (non-hydrogen) atoms. The van der Waals surface area contributed by atoms with Crippen LogP contribution in [-0.4, -0.2) is 37.9 Å². The molecule has 0 bridgehead atoms. The summed E-state index contributed by atoms with van der Waals surface area (Å²) in [6, 6.07) is 0. The fraction of sp³-hybridized carbons (Fsp3) is 0.754. The molecule has 0 spiro atoms. The molecule has 0 rings (SSSR count). The van der Waals surface area contributed by atoms with E-state index in [0.717, 1.165) is 77.0 Å². The van der Waals surface area contributed by atoms with Gasteiger partial charge in [0.15, 0.2) is 6.10 Å². The van der Waals surface area contributed by atoms with Gasteiger partial charge in [-0.05, 0) is 83.5 Å². The van der Waals surface area contributed by atoms with E-state index in [2.05, 4.69) is 99.8 Å². The lowest BCUT2D eigenvalue weighted by Crippen LogP contribution is -2.30. The lowest BCUT2D eigenvalue weighted by Gasteiger charge is -2.18. The largest absolute Gasteiger partial charge is 0.462 e. The van der Waals surface area contributed by atoms with Crippen LogP contribution < -0.4 is 0 Å². The van der Waals surface area contributed by atoms with Crippen molar-refractivity contribution in [1.82, 2.24) is 0 Å². The topological polar surface area (TPSA) is 61.8 Å². The molecular formula is C65H114O5. The molecule has 1 unspecified atom stereocenters. The van der Waals surface area contributed by atoms with Crippen molar-refractivity contribution in [2.75, 3.05) is 19.8 Å². The van der Waals surface area contributed by atoms with Crippen molar-refractivity contribution in [2.24, 2.45) is 0 Å². The van der Waals surface area contributed by atoms with Crippen LogP contribution in [0.2, 0.25) is 0 Å². The predicted octanol–water partition coefficient (Wildman–Crippen LogP) is 20.8. The Bertz CT molecular complexity index is 1290. The zero-order chi connectivity index (χ0) is 50.6. The van der Waals surface area contributed by atoms with E-state index in [-0.39, 0.29) is 25.2 Å². The second-order valence-corrected chi connectivity index (χ2v) is 19.9. The van der Waals surface area contributed by atoms with Crippen molar-refractivity contribution in [3.63, 3.8) is 0 Å². The lowest BCUT2D eigenvalue weighted by atomic mass is 10.0. The highest BCUT2D eigenvalue weighted by Gasteiger charge is 2.17. The van der Waals surface area contributed by atoms with E-state index < -0.39 is 6.10 Å². The minimum atomic E-state index is -0.574. The zero-order valence-electron chi connectivity index (χ0n) is 46.5. The third-order valence-electron chi connectivity index (χ3n) is 12.9. The molecule has 0 aromatic heterocycles. The average Bonchev–Trinajstić information content (AvgIpc) is 3.36. The molecule has 0 N–H and O–H groups in total. The maximum atomic E-state index is 12.9. The van der Waals surface area contributed by atoms with Gasteiger partial charge in [0.05, 0.1) is 6.61 Å². The van der Waals surface area contributed by atoms with Crippen LogP contribution in [0.15, 0.2) is 85.1 Å². The van der Waals surface area contributed by atoms with E-state index in [1.807, 2.05) is 6.08 Å². The summed E-state index contributed by atoms with van der Waals surface area (Å²) in [6.45, 7) is 7.66. The quantitative estimate of drug-likeness (QED) is 0.0345. The molecule has 0 heterocycles. The molecule has 0 saturated carbocycles. The molecule has 0 aliphatic heterocycles. The van der Waals surface area contributed by atoms with Crippen molar-refractivity contribution in [2.45, 2.75) is 297 Å². The highest BCUT2D eigenvalue weighted by atomic mass is 16.6. The number of carbonyl (C=O) groups excluding carboxylic acids is 2. The second kappa shape index (κ2) is 60.4. The van der Waals surface area contributed by atoms with Gasteiger partial charge in [-0.2, -0.15) is 0 Å². The molecule has 0 aromatic rings. The van der Waals surface area contributed by atoms with Gasteiger partial charge in [0, 0.05) is 19.4 Å². The first-order valence-electron chi connectivity index (χ1n) is 30.1. The molecule has 0 aliphatic rings. The van der Waals surface area contributed by atoms with Gasteiger partial charge in [0.25, 0.3) is 0 Å². The Labute approximate surface area is 435 Å². The summed E-state index contributed by atoms with van der Waals surface area (Å²) < 4.78 is 17.4. The SMILES string of the molecule is CC/C=C\C/C=C\C/C=C\C/C=C\C/C=C\C/C=C\CCC(=O)OCC(COCCCCCCCCCCCCCCCCCCCCCC)OC(=O)CCCCCCC/C=C\CCCCCCCC. The maximum Gasteiger partial charge on any atom is 0.306 e. The van der Waals surface area contributed by atoms with Crippen LogP contribution in [0.3, 0.4) is 0 Å². The Morgan fingerprint density at radius 1 is 0.329 bits per heavy atom. The Kier molecular flexibility index (Phi) is 57.9. The molecule has 5 nitrogen and oxygen atoms in total. The third-order valence-corrected chi connectivity index (χ3v) is 12.9. The van der Waals surface area contributed by atoms with Crippen LogP contribution in [0, 0.1) is 0 Å². The number of allylic oxidation sites excluding steroid dienone is 14. The van der Waals surface area contributed by atoms with Gasteiger partial charge in [-0.15, -0.1) is 0 Å². The van der Waals surface area contributed by atoms with E-state index in [1.165, 1.54) is 173 Å². The fourth-order valence-corrected chi connectivity index (χ4v) is 8.47. The van der Waals surface area contributed by atoms with E-state index in [1.54, 1.807) is 0 Å². The van der Waals surface area contributed by atoms with Gasteiger partial charge < -0.3 is 14.2 Å². The van der Waals surface area contributed by atoms with Gasteiger partial charge in [0.2, 0.25) is 0 Å². The lowest BCUT2D eigenvalue weighted by molar-refractivity contribution is -0.162. The minimum absolute atomic E-state index is 0.0416. The standard InChI is InChI=1S/C65H114O5/c1-4-7-10-13-16-19-22-25-28-30-32-34-36-39-42-45-48-51-54-57-60-68-61-63(70-65(67)59-56-53-50-47-44-41-37-27-24-21-18-15-12-9-6-3)62-69-64(66)58-55-52-49-46-43-40-38-35-33-31-29-26-23-20-17-14-11-8-5-2/h8,11,17,20,26-27,29,33,35,37,40,43,49,52,63H,4-7,9-10,12-16,18-19,21-25,28,30-32,34,36,38-39,41-42,44-48,50-51,53-62H2,1-3H3/b11-8-,20-17-,29-26-,35-33-,37-27-,43-40-,52-49-. The molecule has 0 radical (unpaired) electrons. The molecule has 1 atom stereocenters. The van der Waals surface area contributed by atoms with Crippen molar-refractivity contribution >= 4 is 11.9 Å². The number of esters is 2. The summed E-state index contributed by atoms with van der Waals surface area (Å²) in [4.78, 5) is 25.5. The van der Waals surface area contributed by atoms with Crippen LogP contribution in [0.4, 0.5) is 0 Å². The van der Waals surface area contributed by atoms with E-state index in [0.29, 0.717) is 25.9 Å². The predicted molar refractivity (Wildman–Crippen MR) is 307 cm³/mol. The van der Waals surface area contributed by atoms with E-state index in [4.69, 9.17) is 14.2 Å².